The zero-order valence-corrected chi connectivity index (χ0v) is 6.60. The van der Waals surface area contributed by atoms with Crippen molar-refractivity contribution in [2.75, 3.05) is 0 Å². The number of nitrogens with one attached hydrogen (secondary N) is 1. The molecule has 0 aliphatic heterocycles. The summed E-state index contributed by atoms with van der Waals surface area (Å²) < 4.78 is 0. The SMILES string of the molecule is C=Nc1ccccc1C(=N)Cl. The Morgan fingerprint density at radius 2 is 2.09 bits per heavy atom. The predicted molar refractivity (Wildman–Crippen MR) is 48.3 cm³/mol. The van der Waals surface area contributed by atoms with Crippen LogP contribution in [-0.4, -0.2) is 11.9 Å². The quantitative estimate of drug-likeness (QED) is 0.656. The molecule has 0 atom stereocenters. The second kappa shape index (κ2) is 3.30. The van der Waals surface area contributed by atoms with E-state index in [0.29, 0.717) is 11.3 Å². The lowest BCUT2D eigenvalue weighted by Crippen LogP contribution is -1.87. The summed E-state index contributed by atoms with van der Waals surface area (Å²) >= 11 is 5.48. The van der Waals surface area contributed by atoms with Crippen molar-refractivity contribution < 1.29 is 0 Å². The standard InChI is InChI=1S/C8H7ClN2/c1-11-7-5-3-2-4-6(7)8(9)10/h2-5,10H,1H2. The summed E-state index contributed by atoms with van der Waals surface area (Å²) in [4.78, 5) is 3.72. The molecule has 1 rings (SSSR count). The van der Waals surface area contributed by atoms with Gasteiger partial charge in [-0.2, -0.15) is 0 Å². The zero-order chi connectivity index (χ0) is 8.27. The molecule has 0 aromatic heterocycles. The molecule has 2 nitrogen and oxygen atoms in total. The highest BCUT2D eigenvalue weighted by Gasteiger charge is 2.01. The maximum absolute atomic E-state index is 7.16. The molecule has 0 saturated heterocycles. The fourth-order valence-corrected chi connectivity index (χ4v) is 0.957. The van der Waals surface area contributed by atoms with Gasteiger partial charge < -0.3 is 0 Å². The zero-order valence-electron chi connectivity index (χ0n) is 5.84. The topological polar surface area (TPSA) is 36.2 Å². The maximum atomic E-state index is 7.16. The van der Waals surface area contributed by atoms with Crippen LogP contribution in [0.2, 0.25) is 0 Å². The van der Waals surface area contributed by atoms with Crippen molar-refractivity contribution in [1.82, 2.24) is 0 Å². The van der Waals surface area contributed by atoms with Gasteiger partial charge in [0.15, 0.2) is 0 Å². The highest BCUT2D eigenvalue weighted by Crippen LogP contribution is 2.19. The fraction of sp³-hybridized carbons (Fsp3) is 0. The van der Waals surface area contributed by atoms with Gasteiger partial charge in [-0.15, -0.1) is 0 Å². The minimum atomic E-state index is -0.00648. The lowest BCUT2D eigenvalue weighted by atomic mass is 10.2. The molecule has 0 saturated carbocycles. The van der Waals surface area contributed by atoms with Crippen molar-refractivity contribution in [3.05, 3.63) is 29.8 Å². The van der Waals surface area contributed by atoms with E-state index < -0.39 is 0 Å². The molecule has 0 aliphatic carbocycles. The Balaban J connectivity index is 3.22. The predicted octanol–water partition coefficient (Wildman–Crippen LogP) is 2.58. The van der Waals surface area contributed by atoms with E-state index in [-0.39, 0.29) is 5.17 Å². The van der Waals surface area contributed by atoms with Crippen LogP contribution in [0.25, 0.3) is 0 Å². The number of hydrogen-bond acceptors (Lipinski definition) is 2. The normalized spacial score (nSPS) is 9.18. The fourth-order valence-electron chi connectivity index (χ4n) is 0.797. The van der Waals surface area contributed by atoms with E-state index in [2.05, 4.69) is 11.7 Å². The van der Waals surface area contributed by atoms with Crippen LogP contribution in [0.1, 0.15) is 5.56 Å². The first-order valence-electron chi connectivity index (χ1n) is 3.06. The molecule has 56 valence electrons. The van der Waals surface area contributed by atoms with Crippen molar-refractivity contribution in [2.24, 2.45) is 4.99 Å². The average Bonchev–Trinajstić information content (AvgIpc) is 2.04. The van der Waals surface area contributed by atoms with Crippen LogP contribution in [0.15, 0.2) is 29.3 Å². The third-order valence-corrected chi connectivity index (χ3v) is 1.51. The van der Waals surface area contributed by atoms with Crippen molar-refractivity contribution in [2.45, 2.75) is 0 Å². The van der Waals surface area contributed by atoms with E-state index in [0.717, 1.165) is 0 Å². The maximum Gasteiger partial charge on any atom is 0.130 e. The van der Waals surface area contributed by atoms with Crippen LogP contribution in [-0.2, 0) is 0 Å². The second-order valence-electron chi connectivity index (χ2n) is 1.99. The van der Waals surface area contributed by atoms with E-state index in [1.165, 1.54) is 0 Å². The Labute approximate surface area is 70.0 Å². The molecule has 0 unspecified atom stereocenters. The van der Waals surface area contributed by atoms with Crippen LogP contribution in [0, 0.1) is 5.41 Å². The monoisotopic (exact) mass is 166 g/mol. The lowest BCUT2D eigenvalue weighted by molar-refractivity contribution is 1.48. The molecule has 1 aromatic rings. The first-order chi connectivity index (χ1) is 5.25. The molecule has 1 aromatic carbocycles. The molecule has 0 aliphatic rings. The molecule has 0 radical (unpaired) electrons. The summed E-state index contributed by atoms with van der Waals surface area (Å²) in [6.45, 7) is 3.37. The highest BCUT2D eigenvalue weighted by atomic mass is 35.5. The molecule has 1 N–H and O–H groups in total. The Bertz CT molecular complexity index is 294. The number of hydrogen-bond donors (Lipinski definition) is 1. The van der Waals surface area contributed by atoms with Crippen LogP contribution >= 0.6 is 11.6 Å². The molecule has 0 heterocycles. The van der Waals surface area contributed by atoms with Gasteiger partial charge in [-0.1, -0.05) is 23.7 Å². The van der Waals surface area contributed by atoms with Crippen molar-refractivity contribution >= 4 is 29.2 Å². The summed E-state index contributed by atoms with van der Waals surface area (Å²) in [5.74, 6) is 0. The van der Waals surface area contributed by atoms with Crippen LogP contribution in [0.3, 0.4) is 0 Å². The van der Waals surface area contributed by atoms with E-state index >= 15 is 0 Å². The molecule has 11 heavy (non-hydrogen) atoms. The second-order valence-corrected chi connectivity index (χ2v) is 2.37. The van der Waals surface area contributed by atoms with Crippen molar-refractivity contribution in [1.29, 1.82) is 5.41 Å². The lowest BCUT2D eigenvalue weighted by Gasteiger charge is -1.98. The number of rotatable bonds is 2. The Morgan fingerprint density at radius 1 is 1.45 bits per heavy atom. The van der Waals surface area contributed by atoms with Crippen LogP contribution in [0.4, 0.5) is 5.69 Å². The summed E-state index contributed by atoms with van der Waals surface area (Å²) in [5.41, 5.74) is 1.26. The minimum absolute atomic E-state index is 0.00648. The molecule has 0 fully saturated rings. The summed E-state index contributed by atoms with van der Waals surface area (Å²) in [5, 5.41) is 7.15. The highest BCUT2D eigenvalue weighted by molar-refractivity contribution is 6.69. The Hall–Kier alpha value is -1.15. The molecular weight excluding hydrogens is 160 g/mol. The van der Waals surface area contributed by atoms with E-state index in [4.69, 9.17) is 17.0 Å². The van der Waals surface area contributed by atoms with Crippen LogP contribution < -0.4 is 0 Å². The number of para-hydroxylation sites is 1. The number of benzene rings is 1. The van der Waals surface area contributed by atoms with Gasteiger partial charge >= 0.3 is 0 Å². The average molecular weight is 167 g/mol. The van der Waals surface area contributed by atoms with Gasteiger partial charge in [-0.25, -0.2) is 0 Å². The third kappa shape index (κ3) is 1.65. The van der Waals surface area contributed by atoms with Crippen molar-refractivity contribution in [3.8, 4) is 0 Å². The van der Waals surface area contributed by atoms with Gasteiger partial charge in [0.1, 0.15) is 5.17 Å². The van der Waals surface area contributed by atoms with Gasteiger partial charge in [0.25, 0.3) is 0 Å². The van der Waals surface area contributed by atoms with Crippen LogP contribution in [0.5, 0.6) is 0 Å². The first kappa shape index (κ1) is 7.95. The molecule has 3 heteroatoms. The summed E-state index contributed by atoms with van der Waals surface area (Å²) in [6.07, 6.45) is 0. The summed E-state index contributed by atoms with van der Waals surface area (Å²) in [6, 6.07) is 7.13. The first-order valence-corrected chi connectivity index (χ1v) is 3.43. The minimum Gasteiger partial charge on any atom is -0.289 e. The molecule has 0 bridgehead atoms. The molecular formula is C8H7ClN2. The summed E-state index contributed by atoms with van der Waals surface area (Å²) in [7, 11) is 0. The molecule has 0 amide bonds. The Kier molecular flexibility index (Phi) is 2.39. The third-order valence-electron chi connectivity index (χ3n) is 1.31. The Morgan fingerprint density at radius 3 is 2.55 bits per heavy atom. The van der Waals surface area contributed by atoms with Gasteiger partial charge in [-0.05, 0) is 18.9 Å². The molecule has 0 spiro atoms. The van der Waals surface area contributed by atoms with Gasteiger partial charge in [-0.3, -0.25) is 10.4 Å². The number of nitrogens with zero attached hydrogens (tertiary/aromatic N) is 1. The van der Waals surface area contributed by atoms with E-state index in [1.54, 1.807) is 18.2 Å². The smallest absolute Gasteiger partial charge is 0.130 e. The van der Waals surface area contributed by atoms with E-state index in [1.807, 2.05) is 6.07 Å². The number of aliphatic imine (C=N–C) groups is 1. The van der Waals surface area contributed by atoms with Gasteiger partial charge in [0, 0.05) is 5.56 Å². The van der Waals surface area contributed by atoms with Gasteiger partial charge in [0.2, 0.25) is 0 Å². The number of halogens is 1. The van der Waals surface area contributed by atoms with E-state index in [9.17, 15) is 0 Å². The van der Waals surface area contributed by atoms with Crippen molar-refractivity contribution in [3.63, 3.8) is 0 Å². The van der Waals surface area contributed by atoms with Gasteiger partial charge in [0.05, 0.1) is 5.69 Å². The largest absolute Gasteiger partial charge is 0.289 e.